The molecule has 0 radical (unpaired) electrons. The second kappa shape index (κ2) is 3.88. The van der Waals surface area contributed by atoms with Crippen LogP contribution in [0.25, 0.3) is 0 Å². The predicted molar refractivity (Wildman–Crippen MR) is 51.8 cm³/mol. The molecule has 2 heterocycles. The maximum absolute atomic E-state index is 12.9. The summed E-state index contributed by atoms with van der Waals surface area (Å²) < 4.78 is 16.8. The highest BCUT2D eigenvalue weighted by atomic mass is 32.1. The van der Waals surface area contributed by atoms with Crippen LogP contribution >= 0.6 is 11.5 Å². The molecule has 14 heavy (non-hydrogen) atoms. The van der Waals surface area contributed by atoms with Crippen molar-refractivity contribution in [1.29, 1.82) is 0 Å². The van der Waals surface area contributed by atoms with Crippen molar-refractivity contribution in [3.63, 3.8) is 0 Å². The Morgan fingerprint density at radius 1 is 1.64 bits per heavy atom. The van der Waals surface area contributed by atoms with E-state index in [1.54, 1.807) is 11.4 Å². The van der Waals surface area contributed by atoms with E-state index < -0.39 is 0 Å². The molecule has 5 heteroatoms. The first-order valence-corrected chi connectivity index (χ1v) is 5.15. The number of halogens is 1. The zero-order valence-corrected chi connectivity index (χ0v) is 8.26. The molecule has 1 aromatic rings. The van der Waals surface area contributed by atoms with Gasteiger partial charge in [-0.25, -0.2) is 4.39 Å². The summed E-state index contributed by atoms with van der Waals surface area (Å²) in [6.07, 6.45) is 2.10. The maximum atomic E-state index is 12.9. The maximum Gasteiger partial charge on any atom is 0.273 e. The van der Waals surface area contributed by atoms with Gasteiger partial charge >= 0.3 is 0 Å². The summed E-state index contributed by atoms with van der Waals surface area (Å²) in [5, 5.41) is 1.74. The minimum Gasteiger partial charge on any atom is -0.330 e. The zero-order chi connectivity index (χ0) is 9.97. The molecule has 1 aliphatic rings. The Kier molecular flexibility index (Phi) is 2.58. The van der Waals surface area contributed by atoms with Gasteiger partial charge in [-0.15, -0.1) is 0 Å². The van der Waals surface area contributed by atoms with Crippen molar-refractivity contribution in [2.75, 3.05) is 13.1 Å². The molecule has 0 aromatic carbocycles. The first-order chi connectivity index (χ1) is 6.77. The number of rotatable bonds is 1. The van der Waals surface area contributed by atoms with Crippen molar-refractivity contribution in [2.24, 2.45) is 0 Å². The lowest BCUT2D eigenvalue weighted by Gasteiger charge is -2.23. The van der Waals surface area contributed by atoms with Crippen LogP contribution in [0, 0.1) is 0 Å². The molecule has 0 saturated carbocycles. The van der Waals surface area contributed by atoms with Crippen LogP contribution in [-0.2, 0) is 0 Å². The van der Waals surface area contributed by atoms with E-state index >= 15 is 0 Å². The Hall–Kier alpha value is -1.23. The molecule has 3 nitrogen and oxygen atoms in total. The first kappa shape index (κ1) is 9.33. The van der Waals surface area contributed by atoms with Crippen molar-refractivity contribution >= 4 is 17.4 Å². The minimum absolute atomic E-state index is 0.0797. The third kappa shape index (κ3) is 1.82. The molecular weight excluding hydrogens is 203 g/mol. The second-order valence-electron chi connectivity index (χ2n) is 3.05. The molecule has 1 amide bonds. The number of hydrogen-bond acceptors (Lipinski definition) is 3. The number of hydrogen-bond donors (Lipinski definition) is 0. The van der Waals surface area contributed by atoms with Gasteiger partial charge in [-0.3, -0.25) is 4.79 Å². The van der Waals surface area contributed by atoms with Crippen LogP contribution in [0.1, 0.15) is 16.9 Å². The van der Waals surface area contributed by atoms with Gasteiger partial charge in [0.25, 0.3) is 5.91 Å². The molecule has 74 valence electrons. The summed E-state index contributed by atoms with van der Waals surface area (Å²) in [5.41, 5.74) is 0.407. The van der Waals surface area contributed by atoms with Crippen molar-refractivity contribution in [1.82, 2.24) is 9.27 Å². The van der Waals surface area contributed by atoms with Gasteiger partial charge in [0, 0.05) is 11.9 Å². The van der Waals surface area contributed by atoms with Crippen molar-refractivity contribution in [2.45, 2.75) is 6.42 Å². The largest absolute Gasteiger partial charge is 0.330 e. The fourth-order valence-corrected chi connectivity index (χ4v) is 1.86. The van der Waals surface area contributed by atoms with E-state index in [9.17, 15) is 9.18 Å². The molecular formula is C9H9FN2OS. The lowest BCUT2D eigenvalue weighted by atomic mass is 10.2. The van der Waals surface area contributed by atoms with Crippen LogP contribution in [0.2, 0.25) is 0 Å². The monoisotopic (exact) mass is 212 g/mol. The fraction of sp³-hybridized carbons (Fsp3) is 0.333. The molecule has 0 fully saturated rings. The van der Waals surface area contributed by atoms with Crippen LogP contribution in [0.15, 0.2) is 23.3 Å². The van der Waals surface area contributed by atoms with Gasteiger partial charge in [-0.05, 0) is 30.1 Å². The van der Waals surface area contributed by atoms with Gasteiger partial charge in [0.1, 0.15) is 11.5 Å². The predicted octanol–water partition coefficient (Wildman–Crippen LogP) is 1.84. The molecule has 0 unspecified atom stereocenters. The summed E-state index contributed by atoms with van der Waals surface area (Å²) in [6.45, 7) is 0.653. The molecule has 2 rings (SSSR count). The highest BCUT2D eigenvalue weighted by Crippen LogP contribution is 2.13. The van der Waals surface area contributed by atoms with E-state index in [1.807, 2.05) is 0 Å². The Labute approximate surface area is 85.0 Å². The molecule has 0 bridgehead atoms. The standard InChI is InChI=1S/C9H9FN2OS/c10-7-2-1-4-12(6-7)9(13)8-3-5-14-11-8/h2-3,5H,1,4,6H2. The number of aromatic nitrogens is 1. The smallest absolute Gasteiger partial charge is 0.273 e. The topological polar surface area (TPSA) is 33.2 Å². The van der Waals surface area contributed by atoms with Gasteiger partial charge in [-0.1, -0.05) is 0 Å². The summed E-state index contributed by atoms with van der Waals surface area (Å²) in [5.74, 6) is -0.422. The highest BCUT2D eigenvalue weighted by molar-refractivity contribution is 7.03. The first-order valence-electron chi connectivity index (χ1n) is 4.31. The summed E-state index contributed by atoms with van der Waals surface area (Å²) in [6, 6.07) is 1.66. The molecule has 0 aliphatic carbocycles. The molecule has 0 N–H and O–H groups in total. The van der Waals surface area contributed by atoms with Crippen LogP contribution < -0.4 is 0 Å². The summed E-state index contributed by atoms with van der Waals surface area (Å²) in [4.78, 5) is 13.2. The fourth-order valence-electron chi connectivity index (χ4n) is 1.36. The van der Waals surface area contributed by atoms with Gasteiger partial charge in [0.05, 0.1) is 6.54 Å². The molecule has 1 aliphatic heterocycles. The lowest BCUT2D eigenvalue weighted by Crippen LogP contribution is -2.35. The van der Waals surface area contributed by atoms with E-state index in [0.29, 0.717) is 18.7 Å². The van der Waals surface area contributed by atoms with E-state index in [4.69, 9.17) is 0 Å². The lowest BCUT2D eigenvalue weighted by molar-refractivity contribution is 0.0751. The third-order valence-electron chi connectivity index (χ3n) is 2.05. The number of carbonyl (C=O) groups is 1. The van der Waals surface area contributed by atoms with E-state index in [1.165, 1.54) is 22.5 Å². The summed E-state index contributed by atoms with van der Waals surface area (Å²) >= 11 is 1.23. The van der Waals surface area contributed by atoms with Crippen LogP contribution in [0.3, 0.4) is 0 Å². The molecule has 1 aromatic heterocycles. The SMILES string of the molecule is O=C(c1ccsn1)N1CCC=C(F)C1. The summed E-state index contributed by atoms with van der Waals surface area (Å²) in [7, 11) is 0. The number of nitrogens with zero attached hydrogens (tertiary/aromatic N) is 2. The molecule has 0 atom stereocenters. The van der Waals surface area contributed by atoms with Gasteiger partial charge in [0.2, 0.25) is 0 Å². The van der Waals surface area contributed by atoms with E-state index in [2.05, 4.69) is 4.37 Å². The van der Waals surface area contributed by atoms with E-state index in [-0.39, 0.29) is 18.3 Å². The van der Waals surface area contributed by atoms with Gasteiger partial charge < -0.3 is 4.90 Å². The van der Waals surface area contributed by atoms with Crippen LogP contribution in [0.4, 0.5) is 4.39 Å². The Morgan fingerprint density at radius 3 is 3.14 bits per heavy atom. The number of carbonyl (C=O) groups excluding carboxylic acids is 1. The molecule has 0 spiro atoms. The van der Waals surface area contributed by atoms with E-state index in [0.717, 1.165) is 0 Å². The Balaban J connectivity index is 2.10. The highest BCUT2D eigenvalue weighted by Gasteiger charge is 2.20. The van der Waals surface area contributed by atoms with Crippen molar-refractivity contribution < 1.29 is 9.18 Å². The minimum atomic E-state index is -0.236. The van der Waals surface area contributed by atoms with Crippen molar-refractivity contribution in [3.8, 4) is 0 Å². The van der Waals surface area contributed by atoms with Gasteiger partial charge in [-0.2, -0.15) is 4.37 Å². The van der Waals surface area contributed by atoms with Gasteiger partial charge in [0.15, 0.2) is 0 Å². The third-order valence-corrected chi connectivity index (χ3v) is 2.61. The normalized spacial score (nSPS) is 16.6. The number of amides is 1. The quantitative estimate of drug-likeness (QED) is 0.711. The Bertz CT molecular complexity index is 361. The Morgan fingerprint density at radius 2 is 2.50 bits per heavy atom. The van der Waals surface area contributed by atoms with Crippen molar-refractivity contribution in [3.05, 3.63) is 29.0 Å². The van der Waals surface area contributed by atoms with Crippen LogP contribution in [-0.4, -0.2) is 28.3 Å². The average molecular weight is 212 g/mol. The van der Waals surface area contributed by atoms with Crippen LogP contribution in [0.5, 0.6) is 0 Å². The zero-order valence-electron chi connectivity index (χ0n) is 7.44. The molecule has 0 saturated heterocycles. The second-order valence-corrected chi connectivity index (χ2v) is 3.72. The average Bonchev–Trinajstić information content (AvgIpc) is 2.69.